The summed E-state index contributed by atoms with van der Waals surface area (Å²) in [6.07, 6.45) is 0. The molecular formula is C9H15NOS. The van der Waals surface area contributed by atoms with Crippen molar-refractivity contribution in [1.29, 1.82) is 0 Å². The van der Waals surface area contributed by atoms with Crippen LogP contribution >= 0.6 is 11.3 Å². The predicted molar refractivity (Wildman–Crippen MR) is 52.0 cm³/mol. The second-order valence-corrected chi connectivity index (χ2v) is 4.27. The summed E-state index contributed by atoms with van der Waals surface area (Å²) in [4.78, 5) is 0.987. The van der Waals surface area contributed by atoms with Crippen LogP contribution in [0.25, 0.3) is 0 Å². The van der Waals surface area contributed by atoms with Gasteiger partial charge >= 0.3 is 0 Å². The Morgan fingerprint density at radius 3 is 2.67 bits per heavy atom. The van der Waals surface area contributed by atoms with Crippen LogP contribution in [0.5, 0.6) is 0 Å². The van der Waals surface area contributed by atoms with E-state index in [1.165, 1.54) is 0 Å². The van der Waals surface area contributed by atoms with Gasteiger partial charge in [-0.3, -0.25) is 0 Å². The average molecular weight is 185 g/mol. The lowest BCUT2D eigenvalue weighted by molar-refractivity contribution is 0.285. The molecule has 0 unspecified atom stereocenters. The Morgan fingerprint density at radius 2 is 2.25 bits per heavy atom. The molecule has 2 nitrogen and oxygen atoms in total. The molecule has 1 aromatic rings. The average Bonchev–Trinajstić information content (AvgIpc) is 2.50. The van der Waals surface area contributed by atoms with E-state index in [1.54, 1.807) is 11.3 Å². The van der Waals surface area contributed by atoms with Crippen molar-refractivity contribution in [3.05, 3.63) is 21.9 Å². The van der Waals surface area contributed by atoms with Gasteiger partial charge in [0, 0.05) is 10.9 Å². The van der Waals surface area contributed by atoms with E-state index in [-0.39, 0.29) is 12.6 Å². The van der Waals surface area contributed by atoms with E-state index in [0.717, 1.165) is 10.4 Å². The number of nitrogens with two attached hydrogens (primary N) is 1. The van der Waals surface area contributed by atoms with Crippen LogP contribution in [-0.2, 0) is 6.61 Å². The maximum Gasteiger partial charge on any atom is 0.0774 e. The summed E-state index contributed by atoms with van der Waals surface area (Å²) in [7, 11) is 0. The van der Waals surface area contributed by atoms with Crippen LogP contribution in [0.1, 0.15) is 30.3 Å². The Bertz CT molecular complexity index is 244. The van der Waals surface area contributed by atoms with E-state index in [0.29, 0.717) is 5.92 Å². The van der Waals surface area contributed by atoms with E-state index in [4.69, 9.17) is 10.8 Å². The summed E-state index contributed by atoms with van der Waals surface area (Å²) in [5, 5.41) is 10.9. The van der Waals surface area contributed by atoms with Crippen molar-refractivity contribution in [2.24, 2.45) is 11.7 Å². The lowest BCUT2D eigenvalue weighted by atomic mass is 9.99. The van der Waals surface area contributed by atoms with Crippen LogP contribution in [0.4, 0.5) is 0 Å². The Labute approximate surface area is 77.0 Å². The Hall–Kier alpha value is -0.380. The quantitative estimate of drug-likeness (QED) is 0.755. The fourth-order valence-electron chi connectivity index (χ4n) is 1.04. The smallest absolute Gasteiger partial charge is 0.0774 e. The van der Waals surface area contributed by atoms with Crippen LogP contribution in [0.2, 0.25) is 0 Å². The molecular weight excluding hydrogens is 170 g/mol. The van der Waals surface area contributed by atoms with Gasteiger partial charge in [0.25, 0.3) is 0 Å². The first kappa shape index (κ1) is 9.71. The predicted octanol–water partition coefficient (Wildman–Crippen LogP) is 1.90. The minimum Gasteiger partial charge on any atom is -0.391 e. The van der Waals surface area contributed by atoms with Crippen molar-refractivity contribution < 1.29 is 5.11 Å². The molecule has 1 aromatic heterocycles. The number of thiophene rings is 1. The summed E-state index contributed by atoms with van der Waals surface area (Å²) < 4.78 is 0. The number of aliphatic hydroxyl groups excluding tert-OH is 1. The number of rotatable bonds is 3. The van der Waals surface area contributed by atoms with Crippen molar-refractivity contribution >= 4 is 11.3 Å². The fraction of sp³-hybridized carbons (Fsp3) is 0.556. The largest absolute Gasteiger partial charge is 0.391 e. The van der Waals surface area contributed by atoms with Gasteiger partial charge in [-0.25, -0.2) is 0 Å². The van der Waals surface area contributed by atoms with Gasteiger partial charge in [0.05, 0.1) is 6.61 Å². The molecule has 0 radical (unpaired) electrons. The third-order valence-electron chi connectivity index (χ3n) is 1.93. The highest BCUT2D eigenvalue weighted by atomic mass is 32.1. The molecule has 0 fully saturated rings. The molecule has 0 bridgehead atoms. The molecule has 1 heterocycles. The lowest BCUT2D eigenvalue weighted by Crippen LogP contribution is -2.15. The maximum absolute atomic E-state index is 8.84. The lowest BCUT2D eigenvalue weighted by Gasteiger charge is -2.13. The highest BCUT2D eigenvalue weighted by Crippen LogP contribution is 2.24. The molecule has 3 heteroatoms. The van der Waals surface area contributed by atoms with Crippen LogP contribution in [0.15, 0.2) is 11.4 Å². The molecule has 0 saturated heterocycles. The summed E-state index contributed by atoms with van der Waals surface area (Å²) in [5.74, 6) is 0.450. The number of hydrogen-bond acceptors (Lipinski definition) is 3. The Morgan fingerprint density at radius 1 is 1.58 bits per heavy atom. The van der Waals surface area contributed by atoms with Gasteiger partial charge in [-0.15, -0.1) is 11.3 Å². The zero-order valence-corrected chi connectivity index (χ0v) is 8.27. The molecule has 3 N–H and O–H groups in total. The van der Waals surface area contributed by atoms with Crippen LogP contribution in [-0.4, -0.2) is 5.11 Å². The van der Waals surface area contributed by atoms with E-state index in [9.17, 15) is 0 Å². The van der Waals surface area contributed by atoms with Crippen LogP contribution in [0, 0.1) is 5.92 Å². The SMILES string of the molecule is CC(C)[C@H](N)c1csc(CO)c1. The summed E-state index contributed by atoms with van der Waals surface area (Å²) in [5.41, 5.74) is 7.07. The van der Waals surface area contributed by atoms with Gasteiger partial charge in [-0.2, -0.15) is 0 Å². The van der Waals surface area contributed by atoms with Crippen molar-refractivity contribution in [3.8, 4) is 0 Å². The van der Waals surface area contributed by atoms with Gasteiger partial charge in [0.2, 0.25) is 0 Å². The van der Waals surface area contributed by atoms with Crippen molar-refractivity contribution in [2.45, 2.75) is 26.5 Å². The molecule has 0 aromatic carbocycles. The van der Waals surface area contributed by atoms with E-state index in [1.807, 2.05) is 11.4 Å². The van der Waals surface area contributed by atoms with Gasteiger partial charge < -0.3 is 10.8 Å². The van der Waals surface area contributed by atoms with Crippen LogP contribution in [0.3, 0.4) is 0 Å². The second kappa shape index (κ2) is 4.03. The summed E-state index contributed by atoms with van der Waals surface area (Å²) in [6, 6.07) is 2.08. The minimum atomic E-state index is 0.0987. The topological polar surface area (TPSA) is 46.2 Å². The zero-order chi connectivity index (χ0) is 9.14. The number of hydrogen-bond donors (Lipinski definition) is 2. The number of aliphatic hydroxyl groups is 1. The van der Waals surface area contributed by atoms with Gasteiger partial charge in [0.15, 0.2) is 0 Å². The van der Waals surface area contributed by atoms with Gasteiger partial charge in [-0.05, 0) is 22.9 Å². The standard InChI is InChI=1S/C9H15NOS/c1-6(2)9(10)7-3-8(4-11)12-5-7/h3,5-6,9,11H,4,10H2,1-2H3/t9-/m0/s1. The van der Waals surface area contributed by atoms with Crippen molar-refractivity contribution in [1.82, 2.24) is 0 Å². The summed E-state index contributed by atoms with van der Waals surface area (Å²) >= 11 is 1.57. The first-order valence-corrected chi connectivity index (χ1v) is 4.97. The van der Waals surface area contributed by atoms with E-state index >= 15 is 0 Å². The monoisotopic (exact) mass is 185 g/mol. The van der Waals surface area contributed by atoms with Crippen LogP contribution < -0.4 is 5.73 Å². The normalized spacial score (nSPS) is 13.8. The third kappa shape index (κ3) is 2.06. The minimum absolute atomic E-state index is 0.0987. The van der Waals surface area contributed by atoms with E-state index in [2.05, 4.69) is 13.8 Å². The molecule has 0 spiro atoms. The second-order valence-electron chi connectivity index (χ2n) is 3.27. The third-order valence-corrected chi connectivity index (χ3v) is 2.87. The molecule has 0 aliphatic carbocycles. The molecule has 68 valence electrons. The van der Waals surface area contributed by atoms with Crippen molar-refractivity contribution in [3.63, 3.8) is 0 Å². The van der Waals surface area contributed by atoms with Gasteiger partial charge in [0.1, 0.15) is 0 Å². The van der Waals surface area contributed by atoms with Crippen molar-refractivity contribution in [2.75, 3.05) is 0 Å². The molecule has 12 heavy (non-hydrogen) atoms. The fourth-order valence-corrected chi connectivity index (χ4v) is 1.83. The molecule has 0 aliphatic rings. The highest BCUT2D eigenvalue weighted by molar-refractivity contribution is 7.10. The molecule has 1 atom stereocenters. The Balaban J connectivity index is 2.74. The molecule has 0 amide bonds. The van der Waals surface area contributed by atoms with Gasteiger partial charge in [-0.1, -0.05) is 13.8 Å². The highest BCUT2D eigenvalue weighted by Gasteiger charge is 2.11. The van der Waals surface area contributed by atoms with E-state index < -0.39 is 0 Å². The Kier molecular flexibility index (Phi) is 3.26. The summed E-state index contributed by atoms with van der Waals surface area (Å²) in [6.45, 7) is 4.32. The molecule has 1 rings (SSSR count). The molecule has 0 aliphatic heterocycles. The first-order chi connectivity index (χ1) is 5.65. The zero-order valence-electron chi connectivity index (χ0n) is 7.45. The first-order valence-electron chi connectivity index (χ1n) is 4.09. The molecule has 0 saturated carbocycles. The maximum atomic E-state index is 8.84.